The van der Waals surface area contributed by atoms with Gasteiger partial charge in [-0.05, 0) is 43.2 Å². The fraction of sp³-hybridized carbons (Fsp3) is 0.545. The van der Waals surface area contributed by atoms with Crippen LogP contribution in [0.1, 0.15) is 38.4 Å². The van der Waals surface area contributed by atoms with Crippen molar-refractivity contribution in [1.29, 1.82) is 0 Å². The van der Waals surface area contributed by atoms with E-state index < -0.39 is 11.7 Å². The molecule has 0 radical (unpaired) electrons. The van der Waals surface area contributed by atoms with Crippen molar-refractivity contribution in [3.63, 3.8) is 0 Å². The summed E-state index contributed by atoms with van der Waals surface area (Å²) in [5.41, 5.74) is 0.899. The maximum Gasteiger partial charge on any atom is 0.336 e. The maximum absolute atomic E-state index is 13.5. The number of ether oxygens (including phenoxy) is 2. The van der Waals surface area contributed by atoms with Gasteiger partial charge in [-0.15, -0.1) is 5.10 Å². The Morgan fingerprint density at radius 2 is 2.06 bits per heavy atom. The highest BCUT2D eigenvalue weighted by molar-refractivity contribution is 5.94. The number of rotatable bonds is 5. The summed E-state index contributed by atoms with van der Waals surface area (Å²) in [7, 11) is 0. The molecule has 1 N–H and O–H groups in total. The molecule has 12 nitrogen and oxygen atoms in total. The smallest absolute Gasteiger partial charge is 0.336 e. The van der Waals surface area contributed by atoms with Gasteiger partial charge >= 0.3 is 5.97 Å². The molecule has 0 saturated carbocycles. The van der Waals surface area contributed by atoms with Gasteiger partial charge in [0.1, 0.15) is 18.5 Å². The zero-order valence-corrected chi connectivity index (χ0v) is 19.1. The van der Waals surface area contributed by atoms with Crippen LogP contribution in [0.25, 0.3) is 5.82 Å². The predicted octanol–water partition coefficient (Wildman–Crippen LogP) is 0.00340. The first kappa shape index (κ1) is 22.6. The molecule has 12 heteroatoms. The van der Waals surface area contributed by atoms with Crippen LogP contribution in [0.15, 0.2) is 35.9 Å². The van der Waals surface area contributed by atoms with Crippen LogP contribution in [0.5, 0.6) is 0 Å². The van der Waals surface area contributed by atoms with E-state index in [0.29, 0.717) is 61.7 Å². The number of carbonyl (C=O) groups excluding carboxylic acids is 2. The van der Waals surface area contributed by atoms with Crippen molar-refractivity contribution in [2.75, 3.05) is 32.8 Å². The number of amides is 1. The van der Waals surface area contributed by atoms with Gasteiger partial charge < -0.3 is 24.4 Å². The number of tetrazole rings is 1. The van der Waals surface area contributed by atoms with Gasteiger partial charge in [0.15, 0.2) is 5.82 Å². The summed E-state index contributed by atoms with van der Waals surface area (Å²) in [5.74, 6) is 0.0774. The van der Waals surface area contributed by atoms with Crippen molar-refractivity contribution in [3.8, 4) is 5.82 Å². The van der Waals surface area contributed by atoms with Crippen molar-refractivity contribution >= 4 is 11.9 Å². The SMILES string of the molecule is CC1=C(N2C(=O)C3(CCN(C[C@H](O)c4ccc(-n5cnnn5)nc4)CC3)OCC2C)COC1=O. The zero-order chi connectivity index (χ0) is 23.9. The second-order valence-corrected chi connectivity index (χ2v) is 9.00. The van der Waals surface area contributed by atoms with Crippen LogP contribution in [0, 0.1) is 0 Å². The van der Waals surface area contributed by atoms with E-state index in [1.165, 1.54) is 11.0 Å². The van der Waals surface area contributed by atoms with Gasteiger partial charge in [-0.3, -0.25) is 4.79 Å². The molecular formula is C22H27N7O5. The average molecular weight is 470 g/mol. The molecule has 0 aromatic carbocycles. The largest absolute Gasteiger partial charge is 0.456 e. The molecule has 34 heavy (non-hydrogen) atoms. The summed E-state index contributed by atoms with van der Waals surface area (Å²) < 4.78 is 12.7. The minimum absolute atomic E-state index is 0.110. The molecular weight excluding hydrogens is 442 g/mol. The fourth-order valence-electron chi connectivity index (χ4n) is 4.74. The number of esters is 1. The second kappa shape index (κ2) is 8.85. The number of carbonyl (C=O) groups is 2. The average Bonchev–Trinajstić information content (AvgIpc) is 3.50. The van der Waals surface area contributed by atoms with E-state index in [2.05, 4.69) is 25.4 Å². The van der Waals surface area contributed by atoms with E-state index >= 15 is 0 Å². The quantitative estimate of drug-likeness (QED) is 0.596. The molecule has 2 aromatic heterocycles. The Morgan fingerprint density at radius 3 is 2.68 bits per heavy atom. The number of β-amino-alcohol motifs (C(OH)–C–C–N with tert-alkyl or cyclic N) is 1. The van der Waals surface area contributed by atoms with Crippen LogP contribution >= 0.6 is 0 Å². The number of morpholine rings is 1. The van der Waals surface area contributed by atoms with Gasteiger partial charge in [-0.1, -0.05) is 6.07 Å². The Hall–Kier alpha value is -3.22. The first-order valence-electron chi connectivity index (χ1n) is 11.3. The first-order chi connectivity index (χ1) is 16.4. The summed E-state index contributed by atoms with van der Waals surface area (Å²) in [5, 5.41) is 21.7. The Balaban J connectivity index is 1.22. The van der Waals surface area contributed by atoms with E-state index in [1.807, 2.05) is 6.92 Å². The van der Waals surface area contributed by atoms with Crippen molar-refractivity contribution in [1.82, 2.24) is 35.0 Å². The van der Waals surface area contributed by atoms with Crippen molar-refractivity contribution in [3.05, 3.63) is 41.5 Å². The van der Waals surface area contributed by atoms with E-state index in [4.69, 9.17) is 9.47 Å². The molecule has 5 rings (SSSR count). The topological polar surface area (TPSA) is 136 Å². The number of piperidine rings is 1. The minimum Gasteiger partial charge on any atom is -0.456 e. The first-order valence-corrected chi connectivity index (χ1v) is 11.3. The lowest BCUT2D eigenvalue weighted by Gasteiger charge is -2.48. The van der Waals surface area contributed by atoms with Gasteiger partial charge in [0.2, 0.25) is 0 Å². The number of nitrogens with zero attached hydrogens (tertiary/aromatic N) is 7. The van der Waals surface area contributed by atoms with Crippen LogP contribution in [0.2, 0.25) is 0 Å². The van der Waals surface area contributed by atoms with E-state index in [9.17, 15) is 14.7 Å². The Labute approximate surface area is 196 Å². The number of hydrogen-bond acceptors (Lipinski definition) is 10. The minimum atomic E-state index is -0.915. The van der Waals surface area contributed by atoms with Gasteiger partial charge in [0, 0.05) is 31.4 Å². The molecule has 2 aromatic rings. The molecule has 1 amide bonds. The Kier molecular flexibility index (Phi) is 5.88. The monoisotopic (exact) mass is 469 g/mol. The van der Waals surface area contributed by atoms with Crippen LogP contribution in [0.3, 0.4) is 0 Å². The molecule has 2 saturated heterocycles. The summed E-state index contributed by atoms with van der Waals surface area (Å²) in [4.78, 5) is 33.5. The van der Waals surface area contributed by atoms with Gasteiger partial charge in [-0.25, -0.2) is 9.78 Å². The molecule has 0 bridgehead atoms. The predicted molar refractivity (Wildman–Crippen MR) is 116 cm³/mol. The Morgan fingerprint density at radius 1 is 1.26 bits per heavy atom. The van der Waals surface area contributed by atoms with Crippen molar-refractivity contribution < 1.29 is 24.2 Å². The zero-order valence-electron chi connectivity index (χ0n) is 19.1. The number of pyridine rings is 1. The third-order valence-corrected chi connectivity index (χ3v) is 6.85. The number of likely N-dealkylation sites (tertiary alicyclic amines) is 1. The van der Waals surface area contributed by atoms with Gasteiger partial charge in [0.25, 0.3) is 5.91 Å². The highest BCUT2D eigenvalue weighted by atomic mass is 16.5. The molecule has 5 heterocycles. The van der Waals surface area contributed by atoms with Crippen LogP contribution in [0.4, 0.5) is 0 Å². The van der Waals surface area contributed by atoms with Crippen LogP contribution in [-0.4, -0.2) is 96.5 Å². The lowest BCUT2D eigenvalue weighted by atomic mass is 9.87. The fourth-order valence-corrected chi connectivity index (χ4v) is 4.74. The highest BCUT2D eigenvalue weighted by Gasteiger charge is 2.51. The standard InChI is InChI=1S/C22H27N7O5/c1-14-11-34-22(21(32)29(14)17-12-33-20(31)15(17)2)5-7-27(8-6-22)10-18(30)16-3-4-19(23-9-16)28-13-24-25-26-28/h3-4,9,13-14,18,30H,5-8,10-12H2,1-2H3/t14?,18-/m0/s1. The lowest BCUT2D eigenvalue weighted by molar-refractivity contribution is -0.184. The lowest BCUT2D eigenvalue weighted by Crippen LogP contribution is -2.63. The summed E-state index contributed by atoms with van der Waals surface area (Å²) in [6, 6.07) is 3.38. The normalized spacial score (nSPS) is 24.1. The number of aliphatic hydroxyl groups excluding tert-OH is 1. The molecule has 3 aliphatic heterocycles. The van der Waals surface area contributed by atoms with Crippen molar-refractivity contribution in [2.24, 2.45) is 0 Å². The molecule has 1 spiro atoms. The molecule has 3 aliphatic rings. The van der Waals surface area contributed by atoms with Crippen LogP contribution < -0.4 is 0 Å². The van der Waals surface area contributed by atoms with E-state index in [1.54, 1.807) is 30.2 Å². The maximum atomic E-state index is 13.5. The summed E-state index contributed by atoms with van der Waals surface area (Å²) >= 11 is 0. The van der Waals surface area contributed by atoms with Crippen molar-refractivity contribution in [2.45, 2.75) is 44.4 Å². The molecule has 0 aliphatic carbocycles. The highest BCUT2D eigenvalue weighted by Crippen LogP contribution is 2.36. The molecule has 2 fully saturated rings. The van der Waals surface area contributed by atoms with Gasteiger partial charge in [-0.2, -0.15) is 4.68 Å². The third kappa shape index (κ3) is 3.97. The summed E-state index contributed by atoms with van der Waals surface area (Å²) in [6.45, 7) is 5.76. The molecule has 1 unspecified atom stereocenters. The summed E-state index contributed by atoms with van der Waals surface area (Å²) in [6.07, 6.45) is 3.37. The number of hydrogen-bond donors (Lipinski definition) is 1. The number of aliphatic hydroxyl groups is 1. The molecule has 180 valence electrons. The Bertz CT molecular complexity index is 1090. The third-order valence-electron chi connectivity index (χ3n) is 6.85. The van der Waals surface area contributed by atoms with Crippen LogP contribution in [-0.2, 0) is 19.1 Å². The van der Waals surface area contributed by atoms with Gasteiger partial charge in [0.05, 0.1) is 30.0 Å². The van der Waals surface area contributed by atoms with E-state index in [-0.39, 0.29) is 24.5 Å². The molecule has 2 atom stereocenters. The number of aromatic nitrogens is 5. The second-order valence-electron chi connectivity index (χ2n) is 9.00. The van der Waals surface area contributed by atoms with E-state index in [0.717, 1.165) is 0 Å². The number of cyclic esters (lactones) is 1.